The summed E-state index contributed by atoms with van der Waals surface area (Å²) in [6.07, 6.45) is 7.45. The standard InChI is InChI=1S/C23H28N8O2S2/c1-14-10-17(20(33)24-7-9-30-8-5-6-23(30,2)3)34-21(14)27-19(32)15-11-26-31-13-18(35-22(15)31)16-12-25-29(4)28-16/h10-13H,5-9H2,1-4H3,(H,24,33)(H,27,32). The van der Waals surface area contributed by atoms with Gasteiger partial charge in [0.15, 0.2) is 0 Å². The molecule has 0 radical (unpaired) electrons. The van der Waals surface area contributed by atoms with Gasteiger partial charge in [0.25, 0.3) is 11.8 Å². The number of aromatic nitrogens is 5. The van der Waals surface area contributed by atoms with E-state index < -0.39 is 0 Å². The van der Waals surface area contributed by atoms with E-state index in [1.54, 1.807) is 24.0 Å². The molecule has 4 aromatic rings. The smallest absolute Gasteiger partial charge is 0.261 e. The zero-order valence-corrected chi connectivity index (χ0v) is 21.8. The van der Waals surface area contributed by atoms with Gasteiger partial charge >= 0.3 is 0 Å². The number of thiophene rings is 1. The van der Waals surface area contributed by atoms with Gasteiger partial charge in [0.05, 0.1) is 32.7 Å². The highest BCUT2D eigenvalue weighted by Crippen LogP contribution is 2.32. The lowest BCUT2D eigenvalue weighted by atomic mass is 10.0. The van der Waals surface area contributed by atoms with Crippen LogP contribution < -0.4 is 10.6 Å². The Kier molecular flexibility index (Phi) is 6.20. The van der Waals surface area contributed by atoms with E-state index in [2.05, 4.69) is 44.7 Å². The average molecular weight is 513 g/mol. The molecule has 184 valence electrons. The summed E-state index contributed by atoms with van der Waals surface area (Å²) in [7, 11) is 1.76. The maximum atomic E-state index is 13.1. The number of nitrogens with zero attached hydrogens (tertiary/aromatic N) is 6. The van der Waals surface area contributed by atoms with Crippen LogP contribution in [0.3, 0.4) is 0 Å². The molecule has 12 heteroatoms. The number of nitrogens with one attached hydrogen (secondary N) is 2. The molecule has 5 heterocycles. The maximum absolute atomic E-state index is 13.1. The van der Waals surface area contributed by atoms with Crippen molar-refractivity contribution in [1.29, 1.82) is 0 Å². The molecule has 0 bridgehead atoms. The first kappa shape index (κ1) is 23.6. The normalized spacial score (nSPS) is 15.7. The van der Waals surface area contributed by atoms with Gasteiger partial charge in [-0.25, -0.2) is 4.52 Å². The molecule has 2 amide bonds. The summed E-state index contributed by atoms with van der Waals surface area (Å²) in [5.74, 6) is -0.379. The Balaban J connectivity index is 1.24. The number of fused-ring (bicyclic) bond motifs is 1. The van der Waals surface area contributed by atoms with Crippen molar-refractivity contribution >= 4 is 44.3 Å². The second kappa shape index (κ2) is 9.17. The number of hydrogen-bond donors (Lipinski definition) is 2. The van der Waals surface area contributed by atoms with E-state index in [1.165, 1.54) is 40.3 Å². The van der Waals surface area contributed by atoms with Gasteiger partial charge in [0.1, 0.15) is 10.5 Å². The van der Waals surface area contributed by atoms with Crippen molar-refractivity contribution in [3.8, 4) is 10.6 Å². The second-order valence-corrected chi connectivity index (χ2v) is 11.4. The van der Waals surface area contributed by atoms with Crippen molar-refractivity contribution in [1.82, 2.24) is 34.8 Å². The molecule has 4 aromatic heterocycles. The molecule has 0 saturated carbocycles. The minimum atomic E-state index is -0.263. The molecule has 10 nitrogen and oxygen atoms in total. The summed E-state index contributed by atoms with van der Waals surface area (Å²) in [4.78, 5) is 31.9. The first-order valence-electron chi connectivity index (χ1n) is 11.5. The molecule has 0 atom stereocenters. The molecule has 1 aliphatic heterocycles. The molecule has 0 spiro atoms. The van der Waals surface area contributed by atoms with E-state index in [0.29, 0.717) is 22.0 Å². The van der Waals surface area contributed by atoms with Crippen molar-refractivity contribution in [2.45, 2.75) is 39.2 Å². The number of carbonyl (C=O) groups is 2. The van der Waals surface area contributed by atoms with E-state index in [1.807, 2.05) is 19.2 Å². The van der Waals surface area contributed by atoms with Gasteiger partial charge in [-0.15, -0.1) is 22.7 Å². The number of amides is 2. The SMILES string of the molecule is Cc1cc(C(=O)NCCN2CCCC2(C)C)sc1NC(=O)c1cnn2cc(-c3cnn(C)n3)sc12. The molecule has 1 fully saturated rings. The number of carbonyl (C=O) groups excluding carboxylic acids is 2. The van der Waals surface area contributed by atoms with Gasteiger partial charge in [-0.1, -0.05) is 0 Å². The number of aryl methyl sites for hydroxylation is 2. The third kappa shape index (κ3) is 4.73. The molecule has 0 unspecified atom stereocenters. The summed E-state index contributed by atoms with van der Waals surface area (Å²) < 4.78 is 1.67. The number of thiazole rings is 1. The first-order chi connectivity index (χ1) is 16.7. The van der Waals surface area contributed by atoms with E-state index in [0.717, 1.165) is 34.1 Å². The second-order valence-electron chi connectivity index (χ2n) is 9.36. The average Bonchev–Trinajstić information content (AvgIpc) is 3.59. The molecule has 35 heavy (non-hydrogen) atoms. The van der Waals surface area contributed by atoms with Gasteiger partial charge in [0, 0.05) is 31.9 Å². The molecule has 2 N–H and O–H groups in total. The van der Waals surface area contributed by atoms with Crippen LogP contribution in [0.4, 0.5) is 5.00 Å². The molecular formula is C23H28N8O2S2. The molecule has 0 aromatic carbocycles. The highest BCUT2D eigenvalue weighted by atomic mass is 32.1. The predicted octanol–water partition coefficient (Wildman–Crippen LogP) is 3.42. The van der Waals surface area contributed by atoms with E-state index in [-0.39, 0.29) is 17.4 Å². The largest absolute Gasteiger partial charge is 0.350 e. The Labute approximate surface area is 210 Å². The highest BCUT2D eigenvalue weighted by molar-refractivity contribution is 7.21. The molecular weight excluding hydrogens is 484 g/mol. The minimum Gasteiger partial charge on any atom is -0.350 e. The van der Waals surface area contributed by atoms with Crippen molar-refractivity contribution < 1.29 is 9.59 Å². The molecule has 1 aliphatic rings. The number of rotatable bonds is 7. The van der Waals surface area contributed by atoms with Crippen LogP contribution in [0.1, 0.15) is 52.3 Å². The van der Waals surface area contributed by atoms with Crippen LogP contribution in [0.25, 0.3) is 15.4 Å². The van der Waals surface area contributed by atoms with Crippen LogP contribution in [-0.4, -0.2) is 66.5 Å². The Morgan fingerprint density at radius 1 is 1.17 bits per heavy atom. The lowest BCUT2D eigenvalue weighted by Crippen LogP contribution is -2.42. The van der Waals surface area contributed by atoms with Gasteiger partial charge in [0.2, 0.25) is 0 Å². The zero-order valence-electron chi connectivity index (χ0n) is 20.2. The number of likely N-dealkylation sites (tertiary alicyclic amines) is 1. The van der Waals surface area contributed by atoms with Crippen LogP contribution in [-0.2, 0) is 7.05 Å². The van der Waals surface area contributed by atoms with Crippen LogP contribution in [0, 0.1) is 6.92 Å². The van der Waals surface area contributed by atoms with Crippen LogP contribution in [0.5, 0.6) is 0 Å². The molecule has 1 saturated heterocycles. The Morgan fingerprint density at radius 3 is 2.71 bits per heavy atom. The Hall–Kier alpha value is -3.09. The predicted molar refractivity (Wildman–Crippen MR) is 137 cm³/mol. The van der Waals surface area contributed by atoms with Crippen LogP contribution >= 0.6 is 22.7 Å². The van der Waals surface area contributed by atoms with Crippen LogP contribution in [0.15, 0.2) is 24.7 Å². The van der Waals surface area contributed by atoms with Gasteiger partial charge in [-0.2, -0.15) is 20.1 Å². The Bertz CT molecular complexity index is 1400. The zero-order chi connectivity index (χ0) is 24.7. The third-order valence-corrected chi connectivity index (χ3v) is 8.69. The van der Waals surface area contributed by atoms with Gasteiger partial charge in [-0.05, 0) is 51.8 Å². The van der Waals surface area contributed by atoms with Crippen molar-refractivity contribution in [3.63, 3.8) is 0 Å². The monoisotopic (exact) mass is 512 g/mol. The summed E-state index contributed by atoms with van der Waals surface area (Å²) in [6.45, 7) is 8.90. The maximum Gasteiger partial charge on any atom is 0.261 e. The molecule has 5 rings (SSSR count). The third-order valence-electron chi connectivity index (χ3n) is 6.40. The summed E-state index contributed by atoms with van der Waals surface area (Å²) >= 11 is 2.71. The van der Waals surface area contributed by atoms with Gasteiger partial charge < -0.3 is 10.6 Å². The summed E-state index contributed by atoms with van der Waals surface area (Å²) in [5.41, 5.74) is 2.24. The fraction of sp³-hybridized carbons (Fsp3) is 0.435. The minimum absolute atomic E-state index is 0.115. The van der Waals surface area contributed by atoms with Crippen molar-refractivity contribution in [2.75, 3.05) is 25.0 Å². The quantitative estimate of drug-likeness (QED) is 0.393. The van der Waals surface area contributed by atoms with Crippen molar-refractivity contribution in [2.24, 2.45) is 7.05 Å². The fourth-order valence-electron chi connectivity index (χ4n) is 4.38. The number of hydrogen-bond acceptors (Lipinski definition) is 8. The van der Waals surface area contributed by atoms with E-state index in [4.69, 9.17) is 0 Å². The summed E-state index contributed by atoms with van der Waals surface area (Å²) in [5, 5.41) is 19.4. The lowest BCUT2D eigenvalue weighted by Gasteiger charge is -2.31. The lowest BCUT2D eigenvalue weighted by molar-refractivity contribution is 0.0943. The van der Waals surface area contributed by atoms with Crippen molar-refractivity contribution in [3.05, 3.63) is 40.7 Å². The topological polar surface area (TPSA) is 109 Å². The Morgan fingerprint density at radius 2 is 2.00 bits per heavy atom. The molecule has 0 aliphatic carbocycles. The first-order valence-corrected chi connectivity index (χ1v) is 13.1. The van der Waals surface area contributed by atoms with Gasteiger partial charge in [-0.3, -0.25) is 14.5 Å². The van der Waals surface area contributed by atoms with Crippen LogP contribution in [0.2, 0.25) is 0 Å². The number of anilines is 1. The fourth-order valence-corrected chi connectivity index (χ4v) is 6.37. The van der Waals surface area contributed by atoms with E-state index >= 15 is 0 Å². The highest BCUT2D eigenvalue weighted by Gasteiger charge is 2.31. The summed E-state index contributed by atoms with van der Waals surface area (Å²) in [6, 6.07) is 1.82. The van der Waals surface area contributed by atoms with E-state index in [9.17, 15) is 9.59 Å².